The normalized spacial score (nSPS) is 13.9. The third-order valence-corrected chi connectivity index (χ3v) is 6.63. The molecule has 1 saturated heterocycles. The number of ether oxygens (including phenoxy) is 2. The summed E-state index contributed by atoms with van der Waals surface area (Å²) in [6.07, 6.45) is 0.0112. The summed E-state index contributed by atoms with van der Waals surface area (Å²) in [6, 6.07) is 26.2. The Bertz CT molecular complexity index is 1210. The predicted octanol–water partition coefficient (Wildman–Crippen LogP) is 3.98. The predicted molar refractivity (Wildman–Crippen MR) is 149 cm³/mol. The van der Waals surface area contributed by atoms with Crippen LogP contribution in [0.4, 0.5) is 10.5 Å². The molecule has 1 heterocycles. The van der Waals surface area contributed by atoms with E-state index in [1.54, 1.807) is 11.8 Å². The molecule has 39 heavy (non-hydrogen) atoms. The van der Waals surface area contributed by atoms with E-state index in [0.717, 1.165) is 22.4 Å². The maximum absolute atomic E-state index is 13.5. The average Bonchev–Trinajstić information content (AvgIpc) is 2.97. The van der Waals surface area contributed by atoms with Crippen molar-refractivity contribution in [3.05, 3.63) is 102 Å². The highest BCUT2D eigenvalue weighted by atomic mass is 16.5. The number of hydrogen-bond donors (Lipinski definition) is 1. The average molecular weight is 530 g/mol. The molecule has 0 aromatic heterocycles. The van der Waals surface area contributed by atoms with Gasteiger partial charge in [0.2, 0.25) is 5.91 Å². The number of nitrogens with one attached hydrogen (secondary N) is 1. The molecule has 3 aromatic rings. The third kappa shape index (κ3) is 8.33. The number of benzene rings is 3. The van der Waals surface area contributed by atoms with Gasteiger partial charge < -0.3 is 24.6 Å². The Balaban J connectivity index is 1.34. The van der Waals surface area contributed by atoms with Crippen LogP contribution < -0.4 is 10.2 Å². The minimum absolute atomic E-state index is 0.125. The van der Waals surface area contributed by atoms with Crippen LogP contribution in [-0.4, -0.2) is 61.7 Å². The van der Waals surface area contributed by atoms with Crippen LogP contribution in [0.25, 0.3) is 0 Å². The van der Waals surface area contributed by atoms with Crippen molar-refractivity contribution < 1.29 is 23.9 Å². The Hall–Kier alpha value is -4.33. The van der Waals surface area contributed by atoms with Gasteiger partial charge in [-0.2, -0.15) is 0 Å². The van der Waals surface area contributed by atoms with E-state index in [2.05, 4.69) is 10.2 Å². The Morgan fingerprint density at radius 3 is 2.00 bits per heavy atom. The largest absolute Gasteiger partial charge is 0.466 e. The molecule has 0 aliphatic carbocycles. The number of esters is 1. The molecular weight excluding hydrogens is 494 g/mol. The lowest BCUT2D eigenvalue weighted by Gasteiger charge is -2.37. The van der Waals surface area contributed by atoms with Crippen LogP contribution in [0.3, 0.4) is 0 Å². The summed E-state index contributed by atoms with van der Waals surface area (Å²) in [4.78, 5) is 41.9. The highest BCUT2D eigenvalue weighted by molar-refractivity contribution is 5.86. The summed E-state index contributed by atoms with van der Waals surface area (Å²) in [5.74, 6) is -0.361. The quantitative estimate of drug-likeness (QED) is 0.400. The van der Waals surface area contributed by atoms with E-state index >= 15 is 0 Å². The maximum Gasteiger partial charge on any atom is 0.408 e. The van der Waals surface area contributed by atoms with Crippen LogP contribution >= 0.6 is 0 Å². The number of carbonyl (C=O) groups excluding carboxylic acids is 3. The fourth-order valence-electron chi connectivity index (χ4n) is 4.57. The van der Waals surface area contributed by atoms with Gasteiger partial charge in [-0.05, 0) is 35.7 Å². The SMILES string of the molecule is CCOC(=O)Cc1ccc(N2CCN(C(=O)[C@@H](Cc3ccccc3)NC(=O)OCc3ccccc3)CC2)cc1. The molecule has 204 valence electrons. The van der Waals surface area contributed by atoms with Gasteiger partial charge in [0.1, 0.15) is 12.6 Å². The molecule has 3 aromatic carbocycles. The zero-order valence-electron chi connectivity index (χ0n) is 22.3. The first kappa shape index (κ1) is 27.7. The number of rotatable bonds is 10. The highest BCUT2D eigenvalue weighted by Crippen LogP contribution is 2.19. The zero-order chi connectivity index (χ0) is 27.5. The standard InChI is InChI=1S/C31H35N3O5/c1-2-38-29(35)22-25-13-15-27(16-14-25)33-17-19-34(20-18-33)30(36)28(21-24-9-5-3-6-10-24)32-31(37)39-23-26-11-7-4-8-12-26/h3-16,28H,2,17-23H2,1H3,(H,32,37)/t28-/m1/s1. The molecule has 0 radical (unpaired) electrons. The number of amides is 2. The van der Waals surface area contributed by atoms with Gasteiger partial charge in [-0.3, -0.25) is 9.59 Å². The Kier molecular flexibility index (Phi) is 9.94. The summed E-state index contributed by atoms with van der Waals surface area (Å²) in [6.45, 7) is 4.71. The van der Waals surface area contributed by atoms with E-state index in [4.69, 9.17) is 9.47 Å². The molecule has 1 fully saturated rings. The summed E-state index contributed by atoms with van der Waals surface area (Å²) >= 11 is 0. The topological polar surface area (TPSA) is 88.2 Å². The van der Waals surface area contributed by atoms with E-state index in [1.807, 2.05) is 84.9 Å². The molecule has 8 heteroatoms. The van der Waals surface area contributed by atoms with Crippen LogP contribution in [-0.2, 0) is 38.5 Å². The Morgan fingerprint density at radius 1 is 0.769 bits per heavy atom. The van der Waals surface area contributed by atoms with Gasteiger partial charge in [0.25, 0.3) is 0 Å². The van der Waals surface area contributed by atoms with Crippen LogP contribution in [0.1, 0.15) is 23.6 Å². The fourth-order valence-corrected chi connectivity index (χ4v) is 4.57. The number of carbonyl (C=O) groups is 3. The highest BCUT2D eigenvalue weighted by Gasteiger charge is 2.29. The summed E-state index contributed by atoms with van der Waals surface area (Å²) in [5.41, 5.74) is 3.78. The van der Waals surface area contributed by atoms with Crippen molar-refractivity contribution in [2.45, 2.75) is 32.4 Å². The second kappa shape index (κ2) is 14.0. The van der Waals surface area contributed by atoms with Gasteiger partial charge in [0.05, 0.1) is 13.0 Å². The van der Waals surface area contributed by atoms with Crippen molar-refractivity contribution in [1.29, 1.82) is 0 Å². The molecule has 8 nitrogen and oxygen atoms in total. The number of nitrogens with zero attached hydrogens (tertiary/aromatic N) is 2. The van der Waals surface area contributed by atoms with E-state index in [1.165, 1.54) is 0 Å². The van der Waals surface area contributed by atoms with Crippen LogP contribution in [0, 0.1) is 0 Å². The number of alkyl carbamates (subject to hydrolysis) is 1. The van der Waals surface area contributed by atoms with Gasteiger partial charge in [0.15, 0.2) is 0 Å². The minimum Gasteiger partial charge on any atom is -0.466 e. The van der Waals surface area contributed by atoms with E-state index in [0.29, 0.717) is 39.2 Å². The summed E-state index contributed by atoms with van der Waals surface area (Å²) in [5, 5.41) is 2.80. The van der Waals surface area contributed by atoms with E-state index < -0.39 is 12.1 Å². The van der Waals surface area contributed by atoms with Gasteiger partial charge >= 0.3 is 12.1 Å². The first-order chi connectivity index (χ1) is 19.0. The second-order valence-corrected chi connectivity index (χ2v) is 9.41. The molecule has 0 unspecified atom stereocenters. The lowest BCUT2D eigenvalue weighted by Crippen LogP contribution is -2.55. The Labute approximate surface area is 229 Å². The van der Waals surface area contributed by atoms with Gasteiger partial charge in [0, 0.05) is 38.3 Å². The first-order valence-electron chi connectivity index (χ1n) is 13.3. The third-order valence-electron chi connectivity index (χ3n) is 6.63. The van der Waals surface area contributed by atoms with Crippen molar-refractivity contribution in [3.8, 4) is 0 Å². The van der Waals surface area contributed by atoms with E-state index in [-0.39, 0.29) is 24.9 Å². The second-order valence-electron chi connectivity index (χ2n) is 9.41. The fraction of sp³-hybridized carbons (Fsp3) is 0.323. The lowest BCUT2D eigenvalue weighted by atomic mass is 10.0. The molecule has 1 aliphatic rings. The molecular formula is C31H35N3O5. The lowest BCUT2D eigenvalue weighted by molar-refractivity contribution is -0.142. The van der Waals surface area contributed by atoms with Crippen LogP contribution in [0.15, 0.2) is 84.9 Å². The number of anilines is 1. The van der Waals surface area contributed by atoms with Crippen LogP contribution in [0.5, 0.6) is 0 Å². The zero-order valence-corrected chi connectivity index (χ0v) is 22.3. The van der Waals surface area contributed by atoms with Crippen molar-refractivity contribution in [2.24, 2.45) is 0 Å². The molecule has 1 atom stereocenters. The van der Waals surface area contributed by atoms with Gasteiger partial charge in [-0.1, -0.05) is 72.8 Å². The molecule has 4 rings (SSSR count). The number of hydrogen-bond acceptors (Lipinski definition) is 6. The van der Waals surface area contributed by atoms with Crippen molar-refractivity contribution in [3.63, 3.8) is 0 Å². The summed E-state index contributed by atoms with van der Waals surface area (Å²) < 4.78 is 10.4. The molecule has 0 bridgehead atoms. The van der Waals surface area contributed by atoms with Gasteiger partial charge in [-0.25, -0.2) is 4.79 Å². The molecule has 0 saturated carbocycles. The van der Waals surface area contributed by atoms with Crippen molar-refractivity contribution >= 4 is 23.7 Å². The van der Waals surface area contributed by atoms with Crippen molar-refractivity contribution in [2.75, 3.05) is 37.7 Å². The molecule has 0 spiro atoms. The number of piperazine rings is 1. The smallest absolute Gasteiger partial charge is 0.408 e. The monoisotopic (exact) mass is 529 g/mol. The van der Waals surface area contributed by atoms with Crippen LogP contribution in [0.2, 0.25) is 0 Å². The molecule has 1 aliphatic heterocycles. The van der Waals surface area contributed by atoms with Gasteiger partial charge in [-0.15, -0.1) is 0 Å². The Morgan fingerprint density at radius 2 is 1.38 bits per heavy atom. The molecule has 2 amide bonds. The van der Waals surface area contributed by atoms with E-state index in [9.17, 15) is 14.4 Å². The molecule has 1 N–H and O–H groups in total. The summed E-state index contributed by atoms with van der Waals surface area (Å²) in [7, 11) is 0. The first-order valence-corrected chi connectivity index (χ1v) is 13.3. The maximum atomic E-state index is 13.5. The minimum atomic E-state index is -0.732. The van der Waals surface area contributed by atoms with Crippen molar-refractivity contribution in [1.82, 2.24) is 10.2 Å².